The highest BCUT2D eigenvalue weighted by Gasteiger charge is 2.52. The van der Waals surface area contributed by atoms with E-state index in [0.29, 0.717) is 11.8 Å². The summed E-state index contributed by atoms with van der Waals surface area (Å²) in [4.78, 5) is 15.4. The van der Waals surface area contributed by atoms with Gasteiger partial charge < -0.3 is 9.64 Å². The lowest BCUT2D eigenvalue weighted by molar-refractivity contribution is -0.145. The summed E-state index contributed by atoms with van der Waals surface area (Å²) in [6.07, 6.45) is 11.2. The van der Waals surface area contributed by atoms with Crippen molar-refractivity contribution in [2.75, 3.05) is 19.6 Å². The van der Waals surface area contributed by atoms with Crippen molar-refractivity contribution in [2.24, 2.45) is 29.1 Å². The van der Waals surface area contributed by atoms with Crippen molar-refractivity contribution in [3.63, 3.8) is 0 Å². The third-order valence-corrected chi connectivity index (χ3v) is 8.61. The number of fused-ring (bicyclic) bond motifs is 2. The zero-order valence-electron chi connectivity index (χ0n) is 18.7. The van der Waals surface area contributed by atoms with Crippen LogP contribution in [0, 0.1) is 29.1 Å². The molecule has 3 fully saturated rings. The lowest BCUT2D eigenvalue weighted by atomic mass is 9.59. The van der Waals surface area contributed by atoms with Gasteiger partial charge in [0.25, 0.3) is 0 Å². The molecule has 2 heterocycles. The van der Waals surface area contributed by atoms with Crippen LogP contribution in [0.3, 0.4) is 0 Å². The predicted molar refractivity (Wildman–Crippen MR) is 120 cm³/mol. The highest BCUT2D eigenvalue weighted by molar-refractivity contribution is 5.76. The van der Waals surface area contributed by atoms with E-state index < -0.39 is 0 Å². The summed E-state index contributed by atoms with van der Waals surface area (Å²) < 4.78 is 5.96. The molecule has 0 aromatic heterocycles. The van der Waals surface area contributed by atoms with Gasteiger partial charge in [-0.2, -0.15) is 0 Å². The lowest BCUT2D eigenvalue weighted by Crippen LogP contribution is -2.42. The van der Waals surface area contributed by atoms with Gasteiger partial charge >= 0.3 is 5.97 Å². The number of ether oxygens (including phenoxy) is 1. The maximum absolute atomic E-state index is 12.8. The zero-order chi connectivity index (χ0) is 20.7. The van der Waals surface area contributed by atoms with Crippen LogP contribution >= 0.6 is 0 Å². The second-order valence-corrected chi connectivity index (χ2v) is 10.8. The van der Waals surface area contributed by atoms with Crippen molar-refractivity contribution in [1.82, 2.24) is 4.90 Å². The molecule has 3 heteroatoms. The SMILES string of the molecule is C[C@H]1CCC[C@]2(C)C[C@H]3OC(=O)C(CN4CCC(Cc5ccccc5)CC4)[C@H]3C=C12. The van der Waals surface area contributed by atoms with Crippen molar-refractivity contribution >= 4 is 5.97 Å². The number of esters is 1. The topological polar surface area (TPSA) is 29.5 Å². The fraction of sp³-hybridized carbons (Fsp3) is 0.667. The molecule has 0 N–H and O–H groups in total. The highest BCUT2D eigenvalue weighted by Crippen LogP contribution is 2.54. The first-order valence-electron chi connectivity index (χ1n) is 12.2. The Morgan fingerprint density at radius 3 is 2.67 bits per heavy atom. The molecule has 2 saturated heterocycles. The molecule has 2 aliphatic heterocycles. The zero-order valence-corrected chi connectivity index (χ0v) is 18.7. The Labute approximate surface area is 181 Å². The summed E-state index contributed by atoms with van der Waals surface area (Å²) in [5.74, 6) is 1.82. The summed E-state index contributed by atoms with van der Waals surface area (Å²) in [7, 11) is 0. The number of benzene rings is 1. The minimum atomic E-state index is 0.0341. The minimum absolute atomic E-state index is 0.0341. The second kappa shape index (κ2) is 8.15. The number of hydrogen-bond acceptors (Lipinski definition) is 3. The molecule has 5 atom stereocenters. The predicted octanol–water partition coefficient (Wildman–Crippen LogP) is 5.26. The van der Waals surface area contributed by atoms with E-state index in [2.05, 4.69) is 55.2 Å². The molecule has 3 nitrogen and oxygen atoms in total. The van der Waals surface area contributed by atoms with E-state index in [-0.39, 0.29) is 23.4 Å². The van der Waals surface area contributed by atoms with Crippen LogP contribution in [0.25, 0.3) is 0 Å². The maximum Gasteiger partial charge on any atom is 0.311 e. The van der Waals surface area contributed by atoms with Crippen LogP contribution in [-0.2, 0) is 16.0 Å². The van der Waals surface area contributed by atoms with Crippen molar-refractivity contribution in [2.45, 2.75) is 64.9 Å². The van der Waals surface area contributed by atoms with Gasteiger partial charge in [0.2, 0.25) is 0 Å². The molecule has 1 unspecified atom stereocenters. The molecule has 5 rings (SSSR count). The summed E-state index contributed by atoms with van der Waals surface area (Å²) in [6, 6.07) is 10.9. The van der Waals surface area contributed by atoms with Crippen molar-refractivity contribution in [3.05, 3.63) is 47.5 Å². The van der Waals surface area contributed by atoms with E-state index in [1.807, 2.05) is 0 Å². The van der Waals surface area contributed by atoms with E-state index in [4.69, 9.17) is 4.74 Å². The minimum Gasteiger partial charge on any atom is -0.461 e. The van der Waals surface area contributed by atoms with Crippen LogP contribution in [0.15, 0.2) is 42.0 Å². The molecular weight excluding hydrogens is 370 g/mol. The van der Waals surface area contributed by atoms with Crippen molar-refractivity contribution in [1.29, 1.82) is 0 Å². The number of nitrogens with zero attached hydrogens (tertiary/aromatic N) is 1. The first-order valence-corrected chi connectivity index (χ1v) is 12.2. The molecule has 0 bridgehead atoms. The molecule has 162 valence electrons. The van der Waals surface area contributed by atoms with Gasteiger partial charge in [-0.3, -0.25) is 4.79 Å². The molecule has 0 radical (unpaired) electrons. The Bertz CT molecular complexity index is 794. The van der Waals surface area contributed by atoms with E-state index >= 15 is 0 Å². The molecule has 4 aliphatic rings. The van der Waals surface area contributed by atoms with Crippen LogP contribution in [0.1, 0.15) is 57.9 Å². The fourth-order valence-electron chi connectivity index (χ4n) is 6.86. The Kier molecular flexibility index (Phi) is 5.51. The van der Waals surface area contributed by atoms with Crippen LogP contribution in [0.2, 0.25) is 0 Å². The second-order valence-electron chi connectivity index (χ2n) is 10.8. The van der Waals surface area contributed by atoms with Crippen LogP contribution < -0.4 is 0 Å². The first kappa shape index (κ1) is 20.3. The van der Waals surface area contributed by atoms with Gasteiger partial charge in [0, 0.05) is 12.5 Å². The number of carbonyl (C=O) groups is 1. The van der Waals surface area contributed by atoms with Crippen LogP contribution in [-0.4, -0.2) is 36.6 Å². The van der Waals surface area contributed by atoms with Gasteiger partial charge in [-0.05, 0) is 74.4 Å². The molecule has 1 aromatic rings. The Hall–Kier alpha value is -1.61. The molecule has 0 spiro atoms. The summed E-state index contributed by atoms with van der Waals surface area (Å²) in [5, 5.41) is 0. The lowest BCUT2D eigenvalue weighted by Gasteiger charge is -2.46. The number of hydrogen-bond donors (Lipinski definition) is 0. The van der Waals surface area contributed by atoms with Gasteiger partial charge in [-0.15, -0.1) is 0 Å². The number of allylic oxidation sites excluding steroid dienone is 1. The van der Waals surface area contributed by atoms with Crippen LogP contribution in [0.5, 0.6) is 0 Å². The normalized spacial score (nSPS) is 37.3. The Balaban J connectivity index is 1.22. The largest absolute Gasteiger partial charge is 0.461 e. The van der Waals surface area contributed by atoms with Crippen molar-refractivity contribution in [3.8, 4) is 0 Å². The quantitative estimate of drug-likeness (QED) is 0.504. The van der Waals surface area contributed by atoms with Crippen molar-refractivity contribution < 1.29 is 9.53 Å². The summed E-state index contributed by atoms with van der Waals surface area (Å²) in [6.45, 7) is 7.90. The van der Waals surface area contributed by atoms with Gasteiger partial charge in [0.15, 0.2) is 0 Å². The van der Waals surface area contributed by atoms with E-state index in [0.717, 1.165) is 32.0 Å². The van der Waals surface area contributed by atoms with Gasteiger partial charge in [-0.1, -0.05) is 62.2 Å². The molecule has 0 amide bonds. The molecule has 1 saturated carbocycles. The monoisotopic (exact) mass is 407 g/mol. The summed E-state index contributed by atoms with van der Waals surface area (Å²) >= 11 is 0. The average molecular weight is 408 g/mol. The summed E-state index contributed by atoms with van der Waals surface area (Å²) in [5.41, 5.74) is 3.33. The fourth-order valence-corrected chi connectivity index (χ4v) is 6.86. The average Bonchev–Trinajstić information content (AvgIpc) is 3.02. The number of likely N-dealkylation sites (tertiary alicyclic amines) is 1. The Morgan fingerprint density at radius 1 is 1.13 bits per heavy atom. The highest BCUT2D eigenvalue weighted by atomic mass is 16.6. The van der Waals surface area contributed by atoms with Gasteiger partial charge in [-0.25, -0.2) is 0 Å². The van der Waals surface area contributed by atoms with E-state index in [9.17, 15) is 4.79 Å². The molecule has 2 aliphatic carbocycles. The Morgan fingerprint density at radius 2 is 1.90 bits per heavy atom. The van der Waals surface area contributed by atoms with Gasteiger partial charge in [0.1, 0.15) is 6.10 Å². The van der Waals surface area contributed by atoms with Gasteiger partial charge in [0.05, 0.1) is 5.92 Å². The molecular formula is C27H37NO2. The number of carbonyl (C=O) groups excluding carboxylic acids is 1. The maximum atomic E-state index is 12.8. The first-order chi connectivity index (χ1) is 14.5. The third kappa shape index (κ3) is 3.86. The smallest absolute Gasteiger partial charge is 0.311 e. The molecule has 1 aromatic carbocycles. The number of rotatable bonds is 4. The van der Waals surface area contributed by atoms with E-state index in [1.54, 1.807) is 5.57 Å². The standard InChI is InChI=1S/C27H37NO2/c1-19-7-6-12-27(2)17-25-22(16-24(19)27)23(26(29)30-25)18-28-13-10-21(11-14-28)15-20-8-4-3-5-9-20/h3-5,8-9,16,19,21-23,25H,6-7,10-15,17-18H2,1-2H3/t19-,22+,23?,25+,27+/m0/s1. The van der Waals surface area contributed by atoms with E-state index in [1.165, 1.54) is 44.1 Å². The van der Waals surface area contributed by atoms with Crippen LogP contribution in [0.4, 0.5) is 0 Å². The third-order valence-electron chi connectivity index (χ3n) is 8.61. The number of piperidine rings is 1. The molecule has 30 heavy (non-hydrogen) atoms.